The second kappa shape index (κ2) is 8.85. The van der Waals surface area contributed by atoms with Crippen molar-refractivity contribution in [2.45, 2.75) is 24.3 Å². The third-order valence-electron chi connectivity index (χ3n) is 4.97. The molecule has 0 radical (unpaired) electrons. The molecule has 3 aromatic rings. The van der Waals surface area contributed by atoms with Crippen molar-refractivity contribution in [2.75, 3.05) is 21.2 Å². The summed E-state index contributed by atoms with van der Waals surface area (Å²) in [5.74, 6) is 1.36. The molecular formula is C21H26N4O4S. The van der Waals surface area contributed by atoms with Crippen LogP contribution in [0.3, 0.4) is 0 Å². The van der Waals surface area contributed by atoms with Gasteiger partial charge >= 0.3 is 0 Å². The van der Waals surface area contributed by atoms with E-state index in [0.29, 0.717) is 18.5 Å². The summed E-state index contributed by atoms with van der Waals surface area (Å²) in [6, 6.07) is 12.4. The number of nitrogens with zero attached hydrogens (tertiary/aromatic N) is 3. The molecule has 3 rings (SSSR count). The Kier molecular flexibility index (Phi) is 6.42. The molecule has 0 aliphatic rings. The average molecular weight is 431 g/mol. The van der Waals surface area contributed by atoms with Gasteiger partial charge in [-0.1, -0.05) is 18.2 Å². The number of rotatable bonds is 8. The zero-order chi connectivity index (χ0) is 21.9. The summed E-state index contributed by atoms with van der Waals surface area (Å²) in [4.78, 5) is 17.0. The van der Waals surface area contributed by atoms with Crippen molar-refractivity contribution in [3.63, 3.8) is 0 Å². The second-order valence-electron chi connectivity index (χ2n) is 7.11. The van der Waals surface area contributed by atoms with E-state index < -0.39 is 10.0 Å². The van der Waals surface area contributed by atoms with E-state index in [1.807, 2.05) is 35.9 Å². The Morgan fingerprint density at radius 1 is 1.20 bits per heavy atom. The van der Waals surface area contributed by atoms with Gasteiger partial charge in [0.1, 0.15) is 11.6 Å². The van der Waals surface area contributed by atoms with E-state index in [-0.39, 0.29) is 17.2 Å². The van der Waals surface area contributed by atoms with Gasteiger partial charge in [0.2, 0.25) is 15.9 Å². The van der Waals surface area contributed by atoms with Crippen LogP contribution in [0.1, 0.15) is 17.8 Å². The SMILES string of the molecule is COc1ccccc1CNC(=O)CCc1nc2cc(S(=O)(=O)N(C)C)ccc2n1C. The van der Waals surface area contributed by atoms with Gasteiger partial charge in [0.05, 0.1) is 23.0 Å². The average Bonchev–Trinajstić information content (AvgIpc) is 3.05. The Labute approximate surface area is 176 Å². The molecule has 0 spiro atoms. The Morgan fingerprint density at radius 3 is 2.63 bits per heavy atom. The molecule has 0 saturated carbocycles. The first kappa shape index (κ1) is 21.8. The van der Waals surface area contributed by atoms with Crippen molar-refractivity contribution in [3.05, 3.63) is 53.9 Å². The monoisotopic (exact) mass is 430 g/mol. The lowest BCUT2D eigenvalue weighted by atomic mass is 10.2. The smallest absolute Gasteiger partial charge is 0.242 e. The number of aromatic nitrogens is 2. The summed E-state index contributed by atoms with van der Waals surface area (Å²) >= 11 is 0. The summed E-state index contributed by atoms with van der Waals surface area (Å²) in [6.07, 6.45) is 0.716. The topological polar surface area (TPSA) is 93.5 Å². The minimum Gasteiger partial charge on any atom is -0.496 e. The maximum atomic E-state index is 12.3. The first-order chi connectivity index (χ1) is 14.2. The number of ether oxygens (including phenoxy) is 1. The molecule has 2 aromatic carbocycles. The van der Waals surface area contributed by atoms with Crippen LogP contribution in [0.2, 0.25) is 0 Å². The van der Waals surface area contributed by atoms with Gasteiger partial charge in [-0.15, -0.1) is 0 Å². The number of hydrogen-bond acceptors (Lipinski definition) is 5. The molecule has 0 bridgehead atoms. The number of methoxy groups -OCH3 is 1. The highest BCUT2D eigenvalue weighted by Gasteiger charge is 2.19. The molecule has 0 saturated heterocycles. The van der Waals surface area contributed by atoms with Crippen molar-refractivity contribution in [3.8, 4) is 5.75 Å². The van der Waals surface area contributed by atoms with E-state index in [1.165, 1.54) is 18.4 Å². The van der Waals surface area contributed by atoms with Crippen molar-refractivity contribution < 1.29 is 17.9 Å². The minimum absolute atomic E-state index is 0.0937. The van der Waals surface area contributed by atoms with Crippen LogP contribution in [0, 0.1) is 0 Å². The minimum atomic E-state index is -3.53. The highest BCUT2D eigenvalue weighted by molar-refractivity contribution is 7.89. The van der Waals surface area contributed by atoms with Gasteiger partial charge in [0.15, 0.2) is 0 Å². The van der Waals surface area contributed by atoms with E-state index in [9.17, 15) is 13.2 Å². The molecular weight excluding hydrogens is 404 g/mol. The summed E-state index contributed by atoms with van der Waals surface area (Å²) in [5, 5.41) is 2.90. The summed E-state index contributed by atoms with van der Waals surface area (Å²) < 4.78 is 33.0. The van der Waals surface area contributed by atoms with Gasteiger partial charge in [-0.05, 0) is 24.3 Å². The number of hydrogen-bond donors (Lipinski definition) is 1. The van der Waals surface area contributed by atoms with Crippen LogP contribution in [0.25, 0.3) is 11.0 Å². The van der Waals surface area contributed by atoms with Crippen LogP contribution in [-0.4, -0.2) is 49.4 Å². The molecule has 160 valence electrons. The van der Waals surface area contributed by atoms with Gasteiger partial charge in [0, 0.05) is 46.1 Å². The quantitative estimate of drug-likeness (QED) is 0.591. The summed E-state index contributed by atoms with van der Waals surface area (Å²) in [7, 11) is 2.92. The molecule has 0 aliphatic heterocycles. The normalized spacial score (nSPS) is 11.8. The van der Waals surface area contributed by atoms with Gasteiger partial charge in [-0.2, -0.15) is 0 Å². The number of nitrogens with one attached hydrogen (secondary N) is 1. The highest BCUT2D eigenvalue weighted by Crippen LogP contribution is 2.22. The van der Waals surface area contributed by atoms with E-state index in [0.717, 1.165) is 22.7 Å². The molecule has 1 N–H and O–H groups in total. The molecule has 1 amide bonds. The molecule has 1 heterocycles. The van der Waals surface area contributed by atoms with Gasteiger partial charge < -0.3 is 14.6 Å². The fourth-order valence-electron chi connectivity index (χ4n) is 3.18. The third-order valence-corrected chi connectivity index (χ3v) is 6.78. The van der Waals surface area contributed by atoms with Gasteiger partial charge in [-0.3, -0.25) is 4.79 Å². The van der Waals surface area contributed by atoms with Crippen LogP contribution in [-0.2, 0) is 34.8 Å². The molecule has 8 nitrogen and oxygen atoms in total. The fourth-order valence-corrected chi connectivity index (χ4v) is 4.10. The number of amides is 1. The predicted octanol–water partition coefficient (Wildman–Crippen LogP) is 2.08. The fraction of sp³-hybridized carbons (Fsp3) is 0.333. The van der Waals surface area contributed by atoms with Crippen LogP contribution < -0.4 is 10.1 Å². The lowest BCUT2D eigenvalue weighted by molar-refractivity contribution is -0.121. The number of fused-ring (bicyclic) bond motifs is 1. The van der Waals surface area contributed by atoms with E-state index in [2.05, 4.69) is 10.3 Å². The Hall–Kier alpha value is -2.91. The maximum absolute atomic E-state index is 12.3. The molecule has 1 aromatic heterocycles. The van der Waals surface area contributed by atoms with Gasteiger partial charge in [-0.25, -0.2) is 17.7 Å². The van der Waals surface area contributed by atoms with Crippen LogP contribution in [0.5, 0.6) is 5.75 Å². The van der Waals surface area contributed by atoms with Crippen LogP contribution in [0.15, 0.2) is 47.4 Å². The predicted molar refractivity (Wildman–Crippen MR) is 115 cm³/mol. The number of imidazole rings is 1. The third kappa shape index (κ3) is 4.47. The number of para-hydroxylation sites is 1. The summed E-state index contributed by atoms with van der Waals surface area (Å²) in [5.41, 5.74) is 2.31. The molecule has 0 aliphatic carbocycles. The summed E-state index contributed by atoms with van der Waals surface area (Å²) in [6.45, 7) is 0.386. The molecule has 0 unspecified atom stereocenters. The molecule has 30 heavy (non-hydrogen) atoms. The number of carbonyl (C=O) groups excluding carboxylic acids is 1. The number of sulfonamides is 1. The van der Waals surface area contributed by atoms with Crippen molar-refractivity contribution >= 4 is 27.0 Å². The second-order valence-corrected chi connectivity index (χ2v) is 9.27. The number of carbonyl (C=O) groups is 1. The lowest BCUT2D eigenvalue weighted by Gasteiger charge is -2.11. The standard InChI is InChI=1S/C21H26N4O4S/c1-24(2)30(27,28)16-9-10-18-17(13-16)23-20(25(18)3)11-12-21(26)22-14-15-7-5-6-8-19(15)29-4/h5-10,13H,11-12,14H2,1-4H3,(H,22,26). The Morgan fingerprint density at radius 2 is 1.93 bits per heavy atom. The molecule has 0 fully saturated rings. The largest absolute Gasteiger partial charge is 0.496 e. The van der Waals surface area contributed by atoms with Crippen LogP contribution in [0.4, 0.5) is 0 Å². The lowest BCUT2D eigenvalue weighted by Crippen LogP contribution is -2.23. The molecule has 9 heteroatoms. The van der Waals surface area contributed by atoms with E-state index in [1.54, 1.807) is 25.3 Å². The van der Waals surface area contributed by atoms with Gasteiger partial charge in [0.25, 0.3) is 0 Å². The Balaban J connectivity index is 1.68. The number of aryl methyl sites for hydroxylation is 2. The van der Waals surface area contributed by atoms with E-state index in [4.69, 9.17) is 4.74 Å². The zero-order valence-electron chi connectivity index (χ0n) is 17.5. The van der Waals surface area contributed by atoms with Crippen LogP contribution >= 0.6 is 0 Å². The van der Waals surface area contributed by atoms with E-state index >= 15 is 0 Å². The van der Waals surface area contributed by atoms with Crippen molar-refractivity contribution in [1.29, 1.82) is 0 Å². The van der Waals surface area contributed by atoms with Crippen molar-refractivity contribution in [2.24, 2.45) is 7.05 Å². The first-order valence-corrected chi connectivity index (χ1v) is 10.9. The Bertz CT molecular complexity index is 1170. The molecule has 0 atom stereocenters. The zero-order valence-corrected chi connectivity index (χ0v) is 18.4. The highest BCUT2D eigenvalue weighted by atomic mass is 32.2. The maximum Gasteiger partial charge on any atom is 0.242 e. The first-order valence-electron chi connectivity index (χ1n) is 9.50. The van der Waals surface area contributed by atoms with Crippen molar-refractivity contribution in [1.82, 2.24) is 19.2 Å². The number of benzene rings is 2.